The van der Waals surface area contributed by atoms with Crippen LogP contribution < -0.4 is 10.6 Å². The molecule has 4 rings (SSSR count). The standard InChI is InChI=1S/C20H22N2OS.ClH/c23-19(16-14-20(16)10-12-21-13-11-20)22-17-8-4-5-9-18(17)24-15-6-2-1-3-7-15;/h1-9,16,21H,10-14H2,(H,22,23);1H. The Balaban J connectivity index is 0.00000182. The molecule has 2 fully saturated rings. The van der Waals surface area contributed by atoms with Crippen molar-refractivity contribution in [3.8, 4) is 0 Å². The van der Waals surface area contributed by atoms with Gasteiger partial charge in [-0.05, 0) is 62.0 Å². The van der Waals surface area contributed by atoms with Gasteiger partial charge >= 0.3 is 0 Å². The molecule has 1 amide bonds. The molecule has 25 heavy (non-hydrogen) atoms. The van der Waals surface area contributed by atoms with E-state index >= 15 is 0 Å². The summed E-state index contributed by atoms with van der Waals surface area (Å²) < 4.78 is 0. The highest BCUT2D eigenvalue weighted by Crippen LogP contribution is 2.58. The van der Waals surface area contributed by atoms with E-state index < -0.39 is 0 Å². The molecule has 0 aromatic heterocycles. The number of anilines is 1. The number of hydrogen-bond donors (Lipinski definition) is 2. The Hall–Kier alpha value is -1.49. The van der Waals surface area contributed by atoms with Gasteiger partial charge in [-0.1, -0.05) is 42.1 Å². The summed E-state index contributed by atoms with van der Waals surface area (Å²) in [7, 11) is 0. The maximum atomic E-state index is 12.7. The van der Waals surface area contributed by atoms with Crippen molar-refractivity contribution in [3.05, 3.63) is 54.6 Å². The Labute approximate surface area is 159 Å². The maximum Gasteiger partial charge on any atom is 0.228 e. The second-order valence-electron chi connectivity index (χ2n) is 6.77. The number of piperidine rings is 1. The lowest BCUT2D eigenvalue weighted by Crippen LogP contribution is -2.31. The molecule has 5 heteroatoms. The Morgan fingerprint density at radius 2 is 1.72 bits per heavy atom. The molecule has 1 atom stereocenters. The van der Waals surface area contributed by atoms with Crippen LogP contribution in [0.2, 0.25) is 0 Å². The minimum atomic E-state index is 0. The van der Waals surface area contributed by atoms with Crippen LogP contribution in [-0.4, -0.2) is 19.0 Å². The molecule has 132 valence electrons. The van der Waals surface area contributed by atoms with E-state index in [0.717, 1.165) is 42.9 Å². The van der Waals surface area contributed by atoms with Gasteiger partial charge in [0.05, 0.1) is 5.69 Å². The van der Waals surface area contributed by atoms with E-state index in [-0.39, 0.29) is 29.6 Å². The van der Waals surface area contributed by atoms with Gasteiger partial charge in [0.25, 0.3) is 0 Å². The van der Waals surface area contributed by atoms with Crippen LogP contribution in [0, 0.1) is 11.3 Å². The fraction of sp³-hybridized carbons (Fsp3) is 0.350. The average molecular weight is 375 g/mol. The van der Waals surface area contributed by atoms with Crippen molar-refractivity contribution >= 4 is 35.8 Å². The number of halogens is 1. The normalized spacial score (nSPS) is 20.6. The second kappa shape index (κ2) is 7.81. The predicted octanol–water partition coefficient (Wildman–Crippen LogP) is 4.59. The number of hydrogen-bond acceptors (Lipinski definition) is 3. The molecule has 1 saturated heterocycles. The second-order valence-corrected chi connectivity index (χ2v) is 7.88. The Morgan fingerprint density at radius 1 is 1.04 bits per heavy atom. The molecule has 0 bridgehead atoms. The first kappa shape index (κ1) is 18.3. The first-order valence-corrected chi connectivity index (χ1v) is 9.42. The van der Waals surface area contributed by atoms with Crippen molar-refractivity contribution in [2.24, 2.45) is 11.3 Å². The van der Waals surface area contributed by atoms with Crippen molar-refractivity contribution in [2.45, 2.75) is 29.1 Å². The zero-order valence-corrected chi connectivity index (χ0v) is 15.7. The van der Waals surface area contributed by atoms with E-state index in [2.05, 4.69) is 28.8 Å². The molecule has 1 saturated carbocycles. The zero-order valence-electron chi connectivity index (χ0n) is 14.0. The summed E-state index contributed by atoms with van der Waals surface area (Å²) in [6, 6.07) is 18.3. The van der Waals surface area contributed by atoms with Gasteiger partial charge in [0, 0.05) is 15.7 Å². The first-order chi connectivity index (χ1) is 11.8. The van der Waals surface area contributed by atoms with E-state index in [1.54, 1.807) is 11.8 Å². The Morgan fingerprint density at radius 3 is 2.48 bits per heavy atom. The van der Waals surface area contributed by atoms with Crippen molar-refractivity contribution in [3.63, 3.8) is 0 Å². The lowest BCUT2D eigenvalue weighted by Gasteiger charge is -2.23. The van der Waals surface area contributed by atoms with Crippen molar-refractivity contribution in [1.82, 2.24) is 5.32 Å². The molecule has 1 aliphatic heterocycles. The number of rotatable bonds is 4. The lowest BCUT2D eigenvalue weighted by atomic mass is 9.92. The summed E-state index contributed by atoms with van der Waals surface area (Å²) >= 11 is 1.69. The first-order valence-electron chi connectivity index (χ1n) is 8.60. The van der Waals surface area contributed by atoms with Gasteiger partial charge in [0.2, 0.25) is 5.91 Å². The zero-order chi connectivity index (χ0) is 16.4. The van der Waals surface area contributed by atoms with Gasteiger partial charge in [-0.2, -0.15) is 0 Å². The highest BCUT2D eigenvalue weighted by Gasteiger charge is 2.57. The number of nitrogens with one attached hydrogen (secondary N) is 2. The molecule has 2 aromatic carbocycles. The summed E-state index contributed by atoms with van der Waals surface area (Å²) in [6.45, 7) is 2.09. The van der Waals surface area contributed by atoms with E-state index in [0.29, 0.717) is 0 Å². The topological polar surface area (TPSA) is 41.1 Å². The van der Waals surface area contributed by atoms with E-state index in [1.165, 1.54) is 4.90 Å². The van der Waals surface area contributed by atoms with E-state index in [1.807, 2.05) is 36.4 Å². The summed E-state index contributed by atoms with van der Waals surface area (Å²) in [5.41, 5.74) is 1.20. The SMILES string of the molecule is Cl.O=C(Nc1ccccc1Sc1ccccc1)C1CC12CCNCC2. The van der Waals surface area contributed by atoms with Crippen molar-refractivity contribution in [2.75, 3.05) is 18.4 Å². The molecular weight excluding hydrogens is 352 g/mol. The van der Waals surface area contributed by atoms with Crippen LogP contribution in [0.1, 0.15) is 19.3 Å². The number of carbonyl (C=O) groups excluding carboxylic acids is 1. The minimum Gasteiger partial charge on any atom is -0.325 e. The average Bonchev–Trinajstić information content (AvgIpc) is 3.31. The highest BCUT2D eigenvalue weighted by atomic mass is 35.5. The third-order valence-electron chi connectivity index (χ3n) is 5.22. The summed E-state index contributed by atoms with van der Waals surface area (Å²) in [5, 5.41) is 6.58. The van der Waals surface area contributed by atoms with Gasteiger partial charge in [-0.15, -0.1) is 12.4 Å². The minimum absolute atomic E-state index is 0. The molecular formula is C20H23ClN2OS. The van der Waals surface area contributed by atoms with Crippen LogP contribution in [0.4, 0.5) is 5.69 Å². The number of amides is 1. The molecule has 1 unspecified atom stereocenters. The molecule has 1 spiro atoms. The van der Waals surface area contributed by atoms with Crippen molar-refractivity contribution in [1.29, 1.82) is 0 Å². The van der Waals surface area contributed by atoms with Crippen molar-refractivity contribution < 1.29 is 4.79 Å². The fourth-order valence-corrected chi connectivity index (χ4v) is 4.61. The highest BCUT2D eigenvalue weighted by molar-refractivity contribution is 7.99. The largest absolute Gasteiger partial charge is 0.325 e. The Bertz CT molecular complexity index is 731. The maximum absolute atomic E-state index is 12.7. The summed E-state index contributed by atoms with van der Waals surface area (Å²) in [4.78, 5) is 15.0. The molecule has 0 radical (unpaired) electrons. The molecule has 2 aromatic rings. The summed E-state index contributed by atoms with van der Waals surface area (Å²) in [6.07, 6.45) is 3.31. The van der Waals surface area contributed by atoms with E-state index in [9.17, 15) is 4.79 Å². The van der Waals surface area contributed by atoms with Gasteiger partial charge < -0.3 is 10.6 Å². The summed E-state index contributed by atoms with van der Waals surface area (Å²) in [5.74, 6) is 0.382. The third kappa shape index (κ3) is 4.02. The van der Waals surface area contributed by atoms with Gasteiger partial charge in [-0.3, -0.25) is 4.79 Å². The number of para-hydroxylation sites is 1. The van der Waals surface area contributed by atoms with Gasteiger partial charge in [-0.25, -0.2) is 0 Å². The van der Waals surface area contributed by atoms with Crippen LogP contribution in [0.15, 0.2) is 64.4 Å². The van der Waals surface area contributed by atoms with Gasteiger partial charge in [0.1, 0.15) is 0 Å². The lowest BCUT2D eigenvalue weighted by molar-refractivity contribution is -0.118. The van der Waals surface area contributed by atoms with Gasteiger partial charge in [0.15, 0.2) is 0 Å². The molecule has 2 N–H and O–H groups in total. The number of benzene rings is 2. The molecule has 2 aliphatic rings. The van der Waals surface area contributed by atoms with Crippen LogP contribution >= 0.6 is 24.2 Å². The molecule has 1 heterocycles. The molecule has 1 aliphatic carbocycles. The van der Waals surface area contributed by atoms with Crippen LogP contribution in [0.25, 0.3) is 0 Å². The fourth-order valence-electron chi connectivity index (χ4n) is 3.69. The quantitative estimate of drug-likeness (QED) is 0.822. The van der Waals surface area contributed by atoms with Crippen LogP contribution in [0.5, 0.6) is 0 Å². The Kier molecular flexibility index (Phi) is 5.72. The smallest absolute Gasteiger partial charge is 0.228 e. The van der Waals surface area contributed by atoms with Crippen LogP contribution in [-0.2, 0) is 4.79 Å². The molecule has 3 nitrogen and oxygen atoms in total. The monoisotopic (exact) mass is 374 g/mol. The predicted molar refractivity (Wildman–Crippen MR) is 106 cm³/mol. The third-order valence-corrected chi connectivity index (χ3v) is 6.31. The van der Waals surface area contributed by atoms with E-state index in [4.69, 9.17) is 0 Å². The number of carbonyl (C=O) groups is 1. The van der Waals surface area contributed by atoms with Crippen LogP contribution in [0.3, 0.4) is 0 Å².